The van der Waals surface area contributed by atoms with Crippen LogP contribution in [0.2, 0.25) is 0 Å². The first-order valence-electron chi connectivity index (χ1n) is 9.05. The summed E-state index contributed by atoms with van der Waals surface area (Å²) < 4.78 is 10.9. The number of benzene rings is 2. The first-order valence-corrected chi connectivity index (χ1v) is 9.05. The standard InChI is InChI=1S/C21H21NO5/c23-20(24)14-11-22(9-10-26-12-14)21(25)27-13-19-17-7-3-1-5-15(17)16-6-2-4-8-18(16)19/h1-8,14,19H,9-13H2,(H,23,24)/t14-/m1/s1. The number of carboxylic acids is 1. The molecule has 1 fully saturated rings. The molecule has 1 amide bonds. The van der Waals surface area contributed by atoms with Gasteiger partial charge in [0.15, 0.2) is 0 Å². The number of hydrogen-bond donors (Lipinski definition) is 1. The fraction of sp³-hybridized carbons (Fsp3) is 0.333. The van der Waals surface area contributed by atoms with Gasteiger partial charge in [-0.25, -0.2) is 4.79 Å². The molecule has 0 aromatic heterocycles. The van der Waals surface area contributed by atoms with E-state index in [1.807, 2.05) is 24.3 Å². The predicted octanol–water partition coefficient (Wildman–Crippen LogP) is 2.97. The minimum atomic E-state index is -0.964. The second kappa shape index (κ2) is 7.40. The number of carbonyl (C=O) groups is 2. The molecule has 2 aliphatic rings. The van der Waals surface area contributed by atoms with Crippen LogP contribution in [-0.2, 0) is 14.3 Å². The SMILES string of the molecule is O=C(O)[C@H]1COCCN(C(=O)OCC2c3ccccc3-c3ccccc32)C1. The molecule has 2 aromatic carbocycles. The fourth-order valence-electron chi connectivity index (χ4n) is 3.81. The van der Waals surface area contributed by atoms with E-state index in [2.05, 4.69) is 24.3 Å². The zero-order chi connectivity index (χ0) is 18.8. The van der Waals surface area contributed by atoms with Gasteiger partial charge in [0.25, 0.3) is 0 Å². The molecule has 1 atom stereocenters. The van der Waals surface area contributed by atoms with E-state index in [-0.39, 0.29) is 25.7 Å². The Kier molecular flexibility index (Phi) is 4.81. The Morgan fingerprint density at radius 2 is 1.70 bits per heavy atom. The van der Waals surface area contributed by atoms with Gasteiger partial charge in [0.2, 0.25) is 0 Å². The van der Waals surface area contributed by atoms with E-state index in [0.717, 1.165) is 11.1 Å². The summed E-state index contributed by atoms with van der Waals surface area (Å²) in [7, 11) is 0. The Bertz CT molecular complexity index is 820. The average molecular weight is 367 g/mol. The van der Waals surface area contributed by atoms with Crippen LogP contribution in [0.1, 0.15) is 17.0 Å². The molecule has 27 heavy (non-hydrogen) atoms. The summed E-state index contributed by atoms with van der Waals surface area (Å²) in [5.74, 6) is -1.71. The molecule has 1 heterocycles. The van der Waals surface area contributed by atoms with Crippen molar-refractivity contribution in [2.75, 3.05) is 32.9 Å². The maximum Gasteiger partial charge on any atom is 0.409 e. The Hall–Kier alpha value is -2.86. The van der Waals surface area contributed by atoms with Gasteiger partial charge >= 0.3 is 12.1 Å². The molecule has 0 spiro atoms. The summed E-state index contributed by atoms with van der Waals surface area (Å²) >= 11 is 0. The summed E-state index contributed by atoms with van der Waals surface area (Å²) in [6.07, 6.45) is -0.492. The van der Waals surface area contributed by atoms with Crippen LogP contribution in [0.5, 0.6) is 0 Å². The van der Waals surface area contributed by atoms with Crippen molar-refractivity contribution in [1.82, 2.24) is 4.90 Å². The Morgan fingerprint density at radius 1 is 1.07 bits per heavy atom. The van der Waals surface area contributed by atoms with Gasteiger partial charge < -0.3 is 19.5 Å². The number of amides is 1. The number of nitrogens with zero attached hydrogens (tertiary/aromatic N) is 1. The number of carbonyl (C=O) groups excluding carboxylic acids is 1. The van der Waals surface area contributed by atoms with E-state index < -0.39 is 18.0 Å². The number of rotatable bonds is 3. The van der Waals surface area contributed by atoms with Gasteiger partial charge in [-0.2, -0.15) is 0 Å². The maximum absolute atomic E-state index is 12.6. The van der Waals surface area contributed by atoms with Crippen LogP contribution < -0.4 is 0 Å². The zero-order valence-corrected chi connectivity index (χ0v) is 14.8. The summed E-state index contributed by atoms with van der Waals surface area (Å²) in [6, 6.07) is 16.3. The van der Waals surface area contributed by atoms with Gasteiger partial charge in [0.05, 0.1) is 19.1 Å². The summed E-state index contributed by atoms with van der Waals surface area (Å²) in [5, 5.41) is 9.23. The van der Waals surface area contributed by atoms with Crippen molar-refractivity contribution in [3.63, 3.8) is 0 Å². The highest BCUT2D eigenvalue weighted by Crippen LogP contribution is 2.44. The van der Waals surface area contributed by atoms with Crippen LogP contribution in [0.3, 0.4) is 0 Å². The molecule has 6 heteroatoms. The number of aliphatic carboxylic acids is 1. The van der Waals surface area contributed by atoms with Crippen molar-refractivity contribution in [3.05, 3.63) is 59.7 Å². The molecule has 140 valence electrons. The van der Waals surface area contributed by atoms with Gasteiger partial charge in [-0.3, -0.25) is 4.79 Å². The molecule has 1 aliphatic heterocycles. The Balaban J connectivity index is 1.48. The van der Waals surface area contributed by atoms with Gasteiger partial charge in [-0.05, 0) is 22.3 Å². The summed E-state index contributed by atoms with van der Waals surface area (Å²) in [5.41, 5.74) is 4.63. The molecule has 1 N–H and O–H groups in total. The molecule has 0 bridgehead atoms. The quantitative estimate of drug-likeness (QED) is 0.903. The minimum absolute atomic E-state index is 0.0140. The van der Waals surface area contributed by atoms with Crippen molar-refractivity contribution in [1.29, 1.82) is 0 Å². The molecular formula is C21H21NO5. The minimum Gasteiger partial charge on any atom is -0.481 e. The predicted molar refractivity (Wildman–Crippen MR) is 98.6 cm³/mol. The summed E-state index contributed by atoms with van der Waals surface area (Å²) in [6.45, 7) is 1.09. The molecule has 0 saturated carbocycles. The van der Waals surface area contributed by atoms with Gasteiger partial charge in [-0.1, -0.05) is 48.5 Å². The van der Waals surface area contributed by atoms with Crippen LogP contribution in [0.25, 0.3) is 11.1 Å². The van der Waals surface area contributed by atoms with Crippen molar-refractivity contribution in [2.45, 2.75) is 5.92 Å². The zero-order valence-electron chi connectivity index (χ0n) is 14.8. The molecule has 1 aliphatic carbocycles. The van der Waals surface area contributed by atoms with Crippen LogP contribution >= 0.6 is 0 Å². The number of hydrogen-bond acceptors (Lipinski definition) is 4. The number of carboxylic acid groups (broad SMARTS) is 1. The molecule has 0 unspecified atom stereocenters. The summed E-state index contributed by atoms with van der Waals surface area (Å²) in [4.78, 5) is 25.2. The molecule has 0 radical (unpaired) electrons. The van der Waals surface area contributed by atoms with E-state index in [1.165, 1.54) is 16.0 Å². The lowest BCUT2D eigenvalue weighted by atomic mass is 9.98. The van der Waals surface area contributed by atoms with Crippen molar-refractivity contribution < 1.29 is 24.2 Å². The van der Waals surface area contributed by atoms with E-state index in [9.17, 15) is 14.7 Å². The topological polar surface area (TPSA) is 76.1 Å². The fourth-order valence-corrected chi connectivity index (χ4v) is 3.81. The average Bonchev–Trinajstić information content (AvgIpc) is 2.83. The molecular weight excluding hydrogens is 346 g/mol. The highest BCUT2D eigenvalue weighted by atomic mass is 16.6. The number of fused-ring (bicyclic) bond motifs is 3. The van der Waals surface area contributed by atoms with Crippen molar-refractivity contribution in [2.24, 2.45) is 5.92 Å². The van der Waals surface area contributed by atoms with E-state index in [1.54, 1.807) is 0 Å². The van der Waals surface area contributed by atoms with E-state index in [4.69, 9.17) is 9.47 Å². The van der Waals surface area contributed by atoms with Gasteiger partial charge in [0.1, 0.15) is 6.61 Å². The lowest BCUT2D eigenvalue weighted by Gasteiger charge is -2.22. The lowest BCUT2D eigenvalue weighted by Crippen LogP contribution is -2.38. The first kappa shape index (κ1) is 17.5. The molecule has 6 nitrogen and oxygen atoms in total. The third-order valence-corrected chi connectivity index (χ3v) is 5.21. The monoisotopic (exact) mass is 367 g/mol. The van der Waals surface area contributed by atoms with Crippen LogP contribution in [0.15, 0.2) is 48.5 Å². The largest absolute Gasteiger partial charge is 0.481 e. The van der Waals surface area contributed by atoms with Crippen LogP contribution in [0.4, 0.5) is 4.79 Å². The second-order valence-electron chi connectivity index (χ2n) is 6.86. The molecule has 4 rings (SSSR count). The third kappa shape index (κ3) is 3.40. The Morgan fingerprint density at radius 3 is 2.33 bits per heavy atom. The second-order valence-corrected chi connectivity index (χ2v) is 6.86. The highest BCUT2D eigenvalue weighted by molar-refractivity contribution is 5.79. The van der Waals surface area contributed by atoms with Crippen molar-refractivity contribution >= 4 is 12.1 Å². The van der Waals surface area contributed by atoms with Crippen molar-refractivity contribution in [3.8, 4) is 11.1 Å². The van der Waals surface area contributed by atoms with Gasteiger partial charge in [0, 0.05) is 19.0 Å². The Labute approximate surface area is 157 Å². The van der Waals surface area contributed by atoms with Gasteiger partial charge in [-0.15, -0.1) is 0 Å². The molecule has 1 saturated heterocycles. The van der Waals surface area contributed by atoms with E-state index in [0.29, 0.717) is 13.2 Å². The van der Waals surface area contributed by atoms with Crippen LogP contribution in [0, 0.1) is 5.92 Å². The third-order valence-electron chi connectivity index (χ3n) is 5.21. The van der Waals surface area contributed by atoms with E-state index >= 15 is 0 Å². The smallest absolute Gasteiger partial charge is 0.409 e. The first-order chi connectivity index (χ1) is 13.1. The number of ether oxygens (including phenoxy) is 2. The maximum atomic E-state index is 12.6. The van der Waals surface area contributed by atoms with Crippen LogP contribution in [-0.4, -0.2) is 55.0 Å². The normalized spacial score (nSPS) is 19.1. The highest BCUT2D eigenvalue weighted by Gasteiger charge is 2.31. The molecule has 2 aromatic rings. The lowest BCUT2D eigenvalue weighted by molar-refractivity contribution is -0.143.